The average molecular weight is 364 g/mol. The second kappa shape index (κ2) is 7.61. The number of carbonyl (C=O) groups excluding carboxylic acids is 1. The molecule has 6 heteroatoms. The fourth-order valence-corrected chi connectivity index (χ4v) is 3.18. The zero-order valence-corrected chi connectivity index (χ0v) is 16.1. The summed E-state index contributed by atoms with van der Waals surface area (Å²) in [5, 5.41) is 14.3. The van der Waals surface area contributed by atoms with Crippen LogP contribution in [0.3, 0.4) is 0 Å². The molecule has 0 saturated carbocycles. The number of phenolic OH excluding ortho intramolecular Hbond substituents is 1. The minimum Gasteiger partial charge on any atom is -0.507 e. The van der Waals surface area contributed by atoms with Crippen molar-refractivity contribution in [1.29, 1.82) is 0 Å². The van der Waals surface area contributed by atoms with Crippen LogP contribution in [0.15, 0.2) is 41.5 Å². The van der Waals surface area contributed by atoms with E-state index >= 15 is 0 Å². The van der Waals surface area contributed by atoms with Crippen LogP contribution >= 0.6 is 0 Å². The van der Waals surface area contributed by atoms with Crippen LogP contribution in [-0.2, 0) is 6.54 Å². The minimum atomic E-state index is -0.307. The standard InChI is InChI=1S/C21H24N4O2/c1-5-17(16-11-13(3)7-10-20(16)26)23-24-21(27)15-8-9-19-18(12-15)22-14(4)25(19)6-2/h7-12,26H,5-6H2,1-4H3,(H,24,27)/b23-17+. The number of imidazole rings is 1. The van der Waals surface area contributed by atoms with Gasteiger partial charge in [0, 0.05) is 17.7 Å². The Morgan fingerprint density at radius 1 is 1.19 bits per heavy atom. The van der Waals surface area contributed by atoms with Gasteiger partial charge in [-0.2, -0.15) is 5.10 Å². The van der Waals surface area contributed by atoms with E-state index in [1.807, 2.05) is 39.0 Å². The lowest BCUT2D eigenvalue weighted by Crippen LogP contribution is -2.20. The molecule has 3 aromatic rings. The van der Waals surface area contributed by atoms with Crippen molar-refractivity contribution in [2.75, 3.05) is 0 Å². The van der Waals surface area contributed by atoms with Crippen LogP contribution < -0.4 is 5.43 Å². The maximum atomic E-state index is 12.5. The Kier molecular flexibility index (Phi) is 5.26. The van der Waals surface area contributed by atoms with E-state index in [9.17, 15) is 9.90 Å². The van der Waals surface area contributed by atoms with Crippen molar-refractivity contribution in [3.05, 3.63) is 58.9 Å². The third kappa shape index (κ3) is 3.69. The summed E-state index contributed by atoms with van der Waals surface area (Å²) < 4.78 is 2.10. The summed E-state index contributed by atoms with van der Waals surface area (Å²) in [6.45, 7) is 8.73. The number of fused-ring (bicyclic) bond motifs is 1. The van der Waals surface area contributed by atoms with E-state index in [1.54, 1.807) is 18.2 Å². The molecule has 2 aromatic carbocycles. The molecule has 0 aliphatic heterocycles. The van der Waals surface area contributed by atoms with Gasteiger partial charge >= 0.3 is 0 Å². The number of nitrogens with one attached hydrogen (secondary N) is 1. The number of rotatable bonds is 5. The minimum absolute atomic E-state index is 0.150. The van der Waals surface area contributed by atoms with E-state index in [-0.39, 0.29) is 11.7 Å². The summed E-state index contributed by atoms with van der Waals surface area (Å²) >= 11 is 0. The Morgan fingerprint density at radius 2 is 1.96 bits per heavy atom. The number of nitrogens with zero attached hydrogens (tertiary/aromatic N) is 3. The van der Waals surface area contributed by atoms with Gasteiger partial charge in [-0.3, -0.25) is 4.79 Å². The van der Waals surface area contributed by atoms with E-state index in [1.165, 1.54) is 0 Å². The Labute approximate surface area is 158 Å². The van der Waals surface area contributed by atoms with Crippen molar-refractivity contribution in [2.24, 2.45) is 5.10 Å². The second-order valence-electron chi connectivity index (χ2n) is 6.48. The summed E-state index contributed by atoms with van der Waals surface area (Å²) in [6, 6.07) is 10.8. The number of aryl methyl sites for hydroxylation is 3. The quantitative estimate of drug-likeness (QED) is 0.532. The summed E-state index contributed by atoms with van der Waals surface area (Å²) in [6.07, 6.45) is 0.580. The van der Waals surface area contributed by atoms with Crippen molar-refractivity contribution >= 4 is 22.7 Å². The van der Waals surface area contributed by atoms with Gasteiger partial charge in [-0.05, 0) is 57.5 Å². The molecule has 27 heavy (non-hydrogen) atoms. The molecule has 1 heterocycles. The number of hydrogen-bond acceptors (Lipinski definition) is 4. The molecule has 0 bridgehead atoms. The summed E-state index contributed by atoms with van der Waals surface area (Å²) in [5.74, 6) is 0.766. The molecule has 0 unspecified atom stereocenters. The van der Waals surface area contributed by atoms with Crippen LogP contribution in [0.2, 0.25) is 0 Å². The average Bonchev–Trinajstić information content (AvgIpc) is 2.98. The van der Waals surface area contributed by atoms with Crippen molar-refractivity contribution in [2.45, 2.75) is 40.7 Å². The Balaban J connectivity index is 1.86. The molecule has 1 aromatic heterocycles. The Morgan fingerprint density at radius 3 is 2.67 bits per heavy atom. The van der Waals surface area contributed by atoms with Gasteiger partial charge in [-0.1, -0.05) is 18.6 Å². The highest BCUT2D eigenvalue weighted by atomic mass is 16.3. The predicted molar refractivity (Wildman–Crippen MR) is 107 cm³/mol. The molecule has 3 rings (SSSR count). The molecule has 140 valence electrons. The fraction of sp³-hybridized carbons (Fsp3) is 0.286. The molecule has 0 aliphatic carbocycles. The number of carbonyl (C=O) groups is 1. The van der Waals surface area contributed by atoms with Crippen LogP contribution in [0.4, 0.5) is 0 Å². The number of phenols is 1. The number of benzene rings is 2. The van der Waals surface area contributed by atoms with E-state index in [4.69, 9.17) is 0 Å². The van der Waals surface area contributed by atoms with Crippen LogP contribution in [0, 0.1) is 13.8 Å². The molecule has 0 spiro atoms. The summed E-state index contributed by atoms with van der Waals surface area (Å²) in [7, 11) is 0. The van der Waals surface area contributed by atoms with Crippen molar-refractivity contribution in [1.82, 2.24) is 15.0 Å². The van der Waals surface area contributed by atoms with E-state index in [0.717, 1.165) is 29.0 Å². The number of amides is 1. The SMILES string of the molecule is CC/C(=N\NC(=O)c1ccc2c(c1)nc(C)n2CC)c1cc(C)ccc1O. The number of aromatic hydroxyl groups is 1. The number of hydrazone groups is 1. The maximum Gasteiger partial charge on any atom is 0.271 e. The Bertz CT molecular complexity index is 1030. The smallest absolute Gasteiger partial charge is 0.271 e. The van der Waals surface area contributed by atoms with Gasteiger partial charge in [0.1, 0.15) is 11.6 Å². The number of aromatic nitrogens is 2. The largest absolute Gasteiger partial charge is 0.507 e. The summed E-state index contributed by atoms with van der Waals surface area (Å²) in [5.41, 5.74) is 7.16. The molecule has 0 saturated heterocycles. The zero-order valence-electron chi connectivity index (χ0n) is 16.1. The highest BCUT2D eigenvalue weighted by Crippen LogP contribution is 2.21. The maximum absolute atomic E-state index is 12.5. The highest BCUT2D eigenvalue weighted by molar-refractivity contribution is 6.04. The molecular formula is C21H24N4O2. The molecule has 1 amide bonds. The second-order valence-corrected chi connectivity index (χ2v) is 6.48. The van der Waals surface area contributed by atoms with Gasteiger partial charge in [-0.25, -0.2) is 10.4 Å². The molecular weight excluding hydrogens is 340 g/mol. The van der Waals surface area contributed by atoms with Crippen molar-refractivity contribution < 1.29 is 9.90 Å². The lowest BCUT2D eigenvalue weighted by Gasteiger charge is -2.08. The van der Waals surface area contributed by atoms with Crippen LogP contribution in [0.1, 0.15) is 47.6 Å². The first-order valence-corrected chi connectivity index (χ1v) is 9.08. The van der Waals surface area contributed by atoms with Crippen molar-refractivity contribution in [3.8, 4) is 5.75 Å². The predicted octanol–water partition coefficient (Wildman–Crippen LogP) is 3.92. The van der Waals surface area contributed by atoms with E-state index in [2.05, 4.69) is 27.0 Å². The van der Waals surface area contributed by atoms with Crippen LogP contribution in [-0.4, -0.2) is 26.3 Å². The monoisotopic (exact) mass is 364 g/mol. The number of hydrogen-bond donors (Lipinski definition) is 2. The first-order valence-electron chi connectivity index (χ1n) is 9.08. The lowest BCUT2D eigenvalue weighted by atomic mass is 10.0. The highest BCUT2D eigenvalue weighted by Gasteiger charge is 2.12. The first-order chi connectivity index (χ1) is 12.9. The fourth-order valence-electron chi connectivity index (χ4n) is 3.18. The molecule has 0 radical (unpaired) electrons. The van der Waals surface area contributed by atoms with Gasteiger partial charge in [0.05, 0.1) is 16.7 Å². The van der Waals surface area contributed by atoms with Crippen LogP contribution in [0.25, 0.3) is 11.0 Å². The van der Waals surface area contributed by atoms with Gasteiger partial charge in [0.2, 0.25) is 0 Å². The van der Waals surface area contributed by atoms with Crippen LogP contribution in [0.5, 0.6) is 5.75 Å². The third-order valence-electron chi connectivity index (χ3n) is 4.61. The molecule has 0 atom stereocenters. The molecule has 0 aliphatic rings. The van der Waals surface area contributed by atoms with Gasteiger partial charge in [-0.15, -0.1) is 0 Å². The van der Waals surface area contributed by atoms with Crippen molar-refractivity contribution in [3.63, 3.8) is 0 Å². The van der Waals surface area contributed by atoms with Gasteiger partial charge in [0.15, 0.2) is 0 Å². The van der Waals surface area contributed by atoms with E-state index < -0.39 is 0 Å². The van der Waals surface area contributed by atoms with Gasteiger partial charge < -0.3 is 9.67 Å². The molecule has 2 N–H and O–H groups in total. The molecule has 0 fully saturated rings. The zero-order chi connectivity index (χ0) is 19.6. The molecule has 6 nitrogen and oxygen atoms in total. The van der Waals surface area contributed by atoms with Gasteiger partial charge in [0.25, 0.3) is 5.91 Å². The summed E-state index contributed by atoms with van der Waals surface area (Å²) in [4.78, 5) is 17.1. The normalized spacial score (nSPS) is 11.8. The third-order valence-corrected chi connectivity index (χ3v) is 4.61. The van der Waals surface area contributed by atoms with E-state index in [0.29, 0.717) is 23.3 Å². The topological polar surface area (TPSA) is 79.5 Å². The lowest BCUT2D eigenvalue weighted by molar-refractivity contribution is 0.0955. The first kappa shape index (κ1) is 18.6. The Hall–Kier alpha value is -3.15.